The summed E-state index contributed by atoms with van der Waals surface area (Å²) in [5.74, 6) is 0.989. The van der Waals surface area contributed by atoms with Gasteiger partial charge in [-0.05, 0) is 31.9 Å². The fraction of sp³-hybridized carbons (Fsp3) is 0.476. The SMILES string of the molecule is CCOc1ncccc1-c1nc2c(C3CCOC3)[nH]nc2c(N)c1C1CCOC1. The fourth-order valence-electron chi connectivity index (χ4n) is 4.33. The Balaban J connectivity index is 1.75. The molecular weight excluding hydrogens is 370 g/mol. The average Bonchev–Trinajstić information content (AvgIpc) is 3.49. The lowest BCUT2D eigenvalue weighted by Gasteiger charge is -2.18. The summed E-state index contributed by atoms with van der Waals surface area (Å²) in [5, 5.41) is 7.71. The van der Waals surface area contributed by atoms with Crippen LogP contribution in [-0.4, -0.2) is 53.2 Å². The Morgan fingerprint density at radius 2 is 1.97 bits per heavy atom. The van der Waals surface area contributed by atoms with E-state index in [4.69, 9.17) is 24.9 Å². The van der Waals surface area contributed by atoms with Crippen LogP contribution in [0.15, 0.2) is 18.3 Å². The van der Waals surface area contributed by atoms with Crippen molar-refractivity contribution in [2.45, 2.75) is 31.6 Å². The van der Waals surface area contributed by atoms with E-state index < -0.39 is 0 Å². The van der Waals surface area contributed by atoms with Gasteiger partial charge < -0.3 is 19.9 Å². The summed E-state index contributed by atoms with van der Waals surface area (Å²) in [7, 11) is 0. The summed E-state index contributed by atoms with van der Waals surface area (Å²) in [6.45, 7) is 5.25. The number of fused-ring (bicyclic) bond motifs is 1. The summed E-state index contributed by atoms with van der Waals surface area (Å²) in [6, 6.07) is 3.89. The largest absolute Gasteiger partial charge is 0.477 e. The lowest BCUT2D eigenvalue weighted by molar-refractivity contribution is 0.193. The zero-order valence-electron chi connectivity index (χ0n) is 16.5. The van der Waals surface area contributed by atoms with E-state index in [9.17, 15) is 0 Å². The van der Waals surface area contributed by atoms with Crippen molar-refractivity contribution in [1.29, 1.82) is 0 Å². The Morgan fingerprint density at radius 3 is 2.69 bits per heavy atom. The van der Waals surface area contributed by atoms with Crippen LogP contribution in [0.2, 0.25) is 0 Å². The van der Waals surface area contributed by atoms with Gasteiger partial charge in [0.2, 0.25) is 5.88 Å². The van der Waals surface area contributed by atoms with Crippen molar-refractivity contribution in [2.24, 2.45) is 0 Å². The van der Waals surface area contributed by atoms with Gasteiger partial charge in [0.25, 0.3) is 0 Å². The molecule has 3 N–H and O–H groups in total. The van der Waals surface area contributed by atoms with Gasteiger partial charge in [-0.15, -0.1) is 0 Å². The Hall–Kier alpha value is -2.71. The van der Waals surface area contributed by atoms with Gasteiger partial charge in [-0.1, -0.05) is 0 Å². The normalized spacial score (nSPS) is 21.8. The molecule has 2 fully saturated rings. The lowest BCUT2D eigenvalue weighted by Crippen LogP contribution is -2.09. The number of aromatic amines is 1. The number of nitrogen functional groups attached to an aromatic ring is 1. The zero-order valence-corrected chi connectivity index (χ0v) is 16.5. The molecular formula is C21H25N5O3. The van der Waals surface area contributed by atoms with E-state index in [1.807, 2.05) is 19.1 Å². The number of aromatic nitrogens is 4. The van der Waals surface area contributed by atoms with Crippen LogP contribution in [0.4, 0.5) is 5.69 Å². The molecule has 3 aromatic rings. The smallest absolute Gasteiger partial charge is 0.222 e. The molecule has 2 aliphatic rings. The first-order chi connectivity index (χ1) is 14.3. The highest BCUT2D eigenvalue weighted by molar-refractivity contribution is 5.94. The number of nitrogens with one attached hydrogen (secondary N) is 1. The van der Waals surface area contributed by atoms with E-state index in [0.717, 1.165) is 59.6 Å². The Kier molecular flexibility index (Phi) is 4.81. The second-order valence-electron chi connectivity index (χ2n) is 7.53. The molecule has 0 bridgehead atoms. The highest BCUT2D eigenvalue weighted by Crippen LogP contribution is 2.43. The maximum Gasteiger partial charge on any atom is 0.222 e. The number of rotatable bonds is 5. The van der Waals surface area contributed by atoms with Crippen LogP contribution >= 0.6 is 0 Å². The molecule has 2 atom stereocenters. The highest BCUT2D eigenvalue weighted by Gasteiger charge is 2.31. The predicted octanol–water partition coefficient (Wildman–Crippen LogP) is 3.01. The molecule has 5 heterocycles. The van der Waals surface area contributed by atoms with Crippen molar-refractivity contribution in [3.63, 3.8) is 0 Å². The second-order valence-corrected chi connectivity index (χ2v) is 7.53. The predicted molar refractivity (Wildman–Crippen MR) is 109 cm³/mol. The summed E-state index contributed by atoms with van der Waals surface area (Å²) < 4.78 is 17.0. The maximum atomic E-state index is 6.70. The molecule has 3 aromatic heterocycles. The summed E-state index contributed by atoms with van der Waals surface area (Å²) in [6.07, 6.45) is 3.58. The van der Waals surface area contributed by atoms with E-state index in [-0.39, 0.29) is 11.8 Å². The first kappa shape index (κ1) is 18.3. The summed E-state index contributed by atoms with van der Waals surface area (Å²) in [4.78, 5) is 9.53. The van der Waals surface area contributed by atoms with Crippen LogP contribution in [0.25, 0.3) is 22.3 Å². The van der Waals surface area contributed by atoms with Crippen molar-refractivity contribution >= 4 is 16.7 Å². The van der Waals surface area contributed by atoms with Crippen LogP contribution in [-0.2, 0) is 9.47 Å². The summed E-state index contributed by atoms with van der Waals surface area (Å²) in [5.41, 5.74) is 12.5. The standard InChI is InChI=1S/C21H25N5O3/c1-2-29-21-14(4-3-7-23-21)18-15(12-5-8-27-10-12)16(22)19-20(24-18)17(25-26-19)13-6-9-28-11-13/h3-4,7,12-13H,2,5-6,8-11H2,1H3,(H2,22,24)(H,25,26). The first-order valence-electron chi connectivity index (χ1n) is 10.2. The van der Waals surface area contributed by atoms with Crippen LogP contribution in [0.1, 0.15) is 42.9 Å². The van der Waals surface area contributed by atoms with E-state index >= 15 is 0 Å². The maximum absolute atomic E-state index is 6.70. The van der Waals surface area contributed by atoms with Crippen molar-refractivity contribution < 1.29 is 14.2 Å². The van der Waals surface area contributed by atoms with Crippen LogP contribution in [0.3, 0.4) is 0 Å². The van der Waals surface area contributed by atoms with Gasteiger partial charge in [-0.2, -0.15) is 5.10 Å². The fourth-order valence-corrected chi connectivity index (χ4v) is 4.33. The lowest BCUT2D eigenvalue weighted by atomic mass is 9.91. The molecule has 0 aliphatic carbocycles. The molecule has 29 heavy (non-hydrogen) atoms. The third-order valence-electron chi connectivity index (χ3n) is 5.77. The van der Waals surface area contributed by atoms with Crippen LogP contribution < -0.4 is 10.5 Å². The third-order valence-corrected chi connectivity index (χ3v) is 5.77. The number of H-pyrrole nitrogens is 1. The molecule has 8 heteroatoms. The van der Waals surface area contributed by atoms with Gasteiger partial charge >= 0.3 is 0 Å². The molecule has 0 amide bonds. The molecule has 2 aliphatic heterocycles. The van der Waals surface area contributed by atoms with Crippen molar-refractivity contribution in [1.82, 2.24) is 20.2 Å². The van der Waals surface area contributed by atoms with Crippen molar-refractivity contribution in [2.75, 3.05) is 38.8 Å². The quantitative estimate of drug-likeness (QED) is 0.683. The number of ether oxygens (including phenoxy) is 3. The topological polar surface area (TPSA) is 108 Å². The molecule has 0 spiro atoms. The van der Waals surface area contributed by atoms with E-state index in [0.29, 0.717) is 31.4 Å². The molecule has 5 rings (SSSR count). The Morgan fingerprint density at radius 1 is 1.17 bits per heavy atom. The number of hydrogen-bond acceptors (Lipinski definition) is 7. The van der Waals surface area contributed by atoms with E-state index in [2.05, 4.69) is 15.2 Å². The highest BCUT2D eigenvalue weighted by atomic mass is 16.5. The molecule has 152 valence electrons. The third kappa shape index (κ3) is 3.12. The van der Waals surface area contributed by atoms with Crippen LogP contribution in [0.5, 0.6) is 5.88 Å². The number of anilines is 1. The minimum absolute atomic E-state index is 0.173. The van der Waals surface area contributed by atoms with Gasteiger partial charge in [-0.25, -0.2) is 9.97 Å². The number of nitrogens with zero attached hydrogens (tertiary/aromatic N) is 3. The Bertz CT molecular complexity index is 1020. The van der Waals surface area contributed by atoms with Gasteiger partial charge in [-0.3, -0.25) is 5.10 Å². The molecule has 2 unspecified atom stereocenters. The van der Waals surface area contributed by atoms with Gasteiger partial charge in [0.1, 0.15) is 11.0 Å². The molecule has 0 saturated carbocycles. The number of pyridine rings is 2. The first-order valence-corrected chi connectivity index (χ1v) is 10.2. The van der Waals surface area contributed by atoms with Gasteiger partial charge in [0.15, 0.2) is 0 Å². The van der Waals surface area contributed by atoms with E-state index in [1.54, 1.807) is 6.20 Å². The number of hydrogen-bond donors (Lipinski definition) is 2. The minimum atomic E-state index is 0.173. The van der Waals surface area contributed by atoms with Gasteiger partial charge in [0, 0.05) is 36.8 Å². The monoisotopic (exact) mass is 395 g/mol. The molecule has 8 nitrogen and oxygen atoms in total. The molecule has 0 aromatic carbocycles. The molecule has 0 radical (unpaired) electrons. The van der Waals surface area contributed by atoms with Crippen molar-refractivity contribution in [3.05, 3.63) is 29.6 Å². The summed E-state index contributed by atoms with van der Waals surface area (Å²) >= 11 is 0. The Labute approximate surface area is 168 Å². The van der Waals surface area contributed by atoms with Gasteiger partial charge in [0.05, 0.1) is 42.5 Å². The van der Waals surface area contributed by atoms with Crippen LogP contribution in [0, 0.1) is 0 Å². The second kappa shape index (κ2) is 7.61. The zero-order chi connectivity index (χ0) is 19.8. The minimum Gasteiger partial charge on any atom is -0.477 e. The number of nitrogens with two attached hydrogens (primary N) is 1. The van der Waals surface area contributed by atoms with Crippen molar-refractivity contribution in [3.8, 4) is 17.1 Å². The average molecular weight is 395 g/mol. The molecule has 2 saturated heterocycles. The van der Waals surface area contributed by atoms with E-state index in [1.165, 1.54) is 0 Å².